The fourth-order valence-corrected chi connectivity index (χ4v) is 2.00. The molecule has 5 heteroatoms. The van der Waals surface area contributed by atoms with Gasteiger partial charge < -0.3 is 5.32 Å². The molecule has 3 aromatic rings. The molecule has 0 saturated heterocycles. The van der Waals surface area contributed by atoms with Crippen molar-refractivity contribution in [2.45, 2.75) is 6.42 Å². The molecule has 104 valence electrons. The minimum atomic E-state index is -0.0822. The average Bonchev–Trinajstić information content (AvgIpc) is 2.97. The molecule has 0 spiro atoms. The van der Waals surface area contributed by atoms with E-state index in [0.29, 0.717) is 12.2 Å². The summed E-state index contributed by atoms with van der Waals surface area (Å²) in [5.41, 5.74) is 1.87. The van der Waals surface area contributed by atoms with Crippen LogP contribution in [0.5, 0.6) is 0 Å². The molecule has 2 heterocycles. The molecule has 0 saturated carbocycles. The Labute approximate surface area is 122 Å². The summed E-state index contributed by atoms with van der Waals surface area (Å²) in [6.45, 7) is 0. The fraction of sp³-hybridized carbons (Fsp3) is 0.0625. The number of benzene rings is 1. The van der Waals surface area contributed by atoms with Crippen molar-refractivity contribution in [2.75, 3.05) is 5.32 Å². The number of pyridine rings is 1. The van der Waals surface area contributed by atoms with Crippen LogP contribution in [0.2, 0.25) is 0 Å². The van der Waals surface area contributed by atoms with Crippen LogP contribution in [-0.2, 0) is 11.2 Å². The lowest BCUT2D eigenvalue weighted by atomic mass is 10.1. The molecule has 0 bridgehead atoms. The van der Waals surface area contributed by atoms with E-state index >= 15 is 0 Å². The highest BCUT2D eigenvalue weighted by molar-refractivity contribution is 5.91. The van der Waals surface area contributed by atoms with Crippen LogP contribution in [0.25, 0.3) is 5.69 Å². The van der Waals surface area contributed by atoms with Gasteiger partial charge in [-0.2, -0.15) is 5.10 Å². The summed E-state index contributed by atoms with van der Waals surface area (Å²) in [4.78, 5) is 15.9. The molecule has 5 nitrogen and oxygen atoms in total. The quantitative estimate of drug-likeness (QED) is 0.797. The summed E-state index contributed by atoms with van der Waals surface area (Å²) < 4.78 is 1.69. The predicted octanol–water partition coefficient (Wildman–Crippen LogP) is 2.45. The van der Waals surface area contributed by atoms with Gasteiger partial charge in [-0.25, -0.2) is 4.68 Å². The Balaban J connectivity index is 1.66. The van der Waals surface area contributed by atoms with Gasteiger partial charge in [-0.15, -0.1) is 0 Å². The normalized spacial score (nSPS) is 10.3. The molecule has 1 amide bonds. The van der Waals surface area contributed by atoms with Gasteiger partial charge in [0.25, 0.3) is 0 Å². The van der Waals surface area contributed by atoms with E-state index in [1.54, 1.807) is 29.3 Å². The number of anilines is 1. The maximum absolute atomic E-state index is 12.0. The van der Waals surface area contributed by atoms with Crippen LogP contribution in [-0.4, -0.2) is 20.7 Å². The third-order valence-corrected chi connectivity index (χ3v) is 2.99. The summed E-state index contributed by atoms with van der Waals surface area (Å²) >= 11 is 0. The SMILES string of the molecule is O=C(Cc1ccccc1)Nc1ccn(-c2ccncc2)n1. The number of carbonyl (C=O) groups is 1. The van der Waals surface area contributed by atoms with Crippen molar-refractivity contribution in [3.63, 3.8) is 0 Å². The zero-order chi connectivity index (χ0) is 14.5. The Morgan fingerprint density at radius 2 is 1.81 bits per heavy atom. The smallest absolute Gasteiger partial charge is 0.229 e. The lowest BCUT2D eigenvalue weighted by Gasteiger charge is -2.02. The molecule has 21 heavy (non-hydrogen) atoms. The summed E-state index contributed by atoms with van der Waals surface area (Å²) in [5.74, 6) is 0.453. The highest BCUT2D eigenvalue weighted by atomic mass is 16.1. The van der Waals surface area contributed by atoms with Gasteiger partial charge in [0.2, 0.25) is 5.91 Å². The largest absolute Gasteiger partial charge is 0.309 e. The maximum Gasteiger partial charge on any atom is 0.229 e. The summed E-state index contributed by atoms with van der Waals surface area (Å²) in [6.07, 6.45) is 5.53. The Bertz CT molecular complexity index is 722. The summed E-state index contributed by atoms with van der Waals surface area (Å²) in [5, 5.41) is 7.11. The van der Waals surface area contributed by atoms with Crippen molar-refractivity contribution in [1.82, 2.24) is 14.8 Å². The highest BCUT2D eigenvalue weighted by Crippen LogP contribution is 2.10. The minimum Gasteiger partial charge on any atom is -0.309 e. The summed E-state index contributed by atoms with van der Waals surface area (Å²) in [7, 11) is 0. The van der Waals surface area contributed by atoms with Crippen LogP contribution in [0, 0.1) is 0 Å². The van der Waals surface area contributed by atoms with Crippen molar-refractivity contribution < 1.29 is 4.79 Å². The third-order valence-electron chi connectivity index (χ3n) is 2.99. The van der Waals surface area contributed by atoms with Crippen LogP contribution in [0.4, 0.5) is 5.82 Å². The van der Waals surface area contributed by atoms with Crippen molar-refractivity contribution in [2.24, 2.45) is 0 Å². The van der Waals surface area contributed by atoms with E-state index in [-0.39, 0.29) is 5.91 Å². The lowest BCUT2D eigenvalue weighted by Crippen LogP contribution is -2.14. The molecule has 3 rings (SSSR count). The molecular weight excluding hydrogens is 264 g/mol. The zero-order valence-electron chi connectivity index (χ0n) is 11.3. The standard InChI is InChI=1S/C16H14N4O/c21-16(12-13-4-2-1-3-5-13)18-15-8-11-20(19-15)14-6-9-17-10-7-14/h1-11H,12H2,(H,18,19,21). The van der Waals surface area contributed by atoms with Gasteiger partial charge >= 0.3 is 0 Å². The molecule has 0 unspecified atom stereocenters. The first-order valence-corrected chi connectivity index (χ1v) is 6.61. The molecule has 2 aromatic heterocycles. The number of hydrogen-bond donors (Lipinski definition) is 1. The van der Waals surface area contributed by atoms with Gasteiger partial charge in [-0.1, -0.05) is 30.3 Å². The van der Waals surface area contributed by atoms with E-state index in [0.717, 1.165) is 11.3 Å². The minimum absolute atomic E-state index is 0.0822. The van der Waals surface area contributed by atoms with Gasteiger partial charge in [0, 0.05) is 24.7 Å². The molecule has 0 radical (unpaired) electrons. The van der Waals surface area contributed by atoms with Crippen LogP contribution in [0.3, 0.4) is 0 Å². The van der Waals surface area contributed by atoms with Gasteiger partial charge in [-0.05, 0) is 17.7 Å². The number of aromatic nitrogens is 3. The van der Waals surface area contributed by atoms with Crippen LogP contribution < -0.4 is 5.32 Å². The van der Waals surface area contributed by atoms with Gasteiger partial charge in [-0.3, -0.25) is 9.78 Å². The Kier molecular flexibility index (Phi) is 3.73. The number of carbonyl (C=O) groups excluding carboxylic acids is 1. The van der Waals surface area contributed by atoms with E-state index in [1.807, 2.05) is 42.5 Å². The second-order valence-corrected chi connectivity index (χ2v) is 4.56. The Morgan fingerprint density at radius 1 is 1.05 bits per heavy atom. The van der Waals surface area contributed by atoms with Crippen LogP contribution >= 0.6 is 0 Å². The topological polar surface area (TPSA) is 59.8 Å². The molecule has 0 atom stereocenters. The van der Waals surface area contributed by atoms with E-state index in [9.17, 15) is 4.79 Å². The van der Waals surface area contributed by atoms with E-state index in [4.69, 9.17) is 0 Å². The van der Waals surface area contributed by atoms with E-state index < -0.39 is 0 Å². The predicted molar refractivity (Wildman–Crippen MR) is 80.1 cm³/mol. The number of nitrogens with one attached hydrogen (secondary N) is 1. The number of rotatable bonds is 4. The van der Waals surface area contributed by atoms with Crippen LogP contribution in [0.15, 0.2) is 67.1 Å². The van der Waals surface area contributed by atoms with Crippen molar-refractivity contribution >= 4 is 11.7 Å². The van der Waals surface area contributed by atoms with E-state index in [1.165, 1.54) is 0 Å². The molecule has 1 N–H and O–H groups in total. The van der Waals surface area contributed by atoms with Crippen LogP contribution in [0.1, 0.15) is 5.56 Å². The van der Waals surface area contributed by atoms with Crippen molar-refractivity contribution in [3.05, 3.63) is 72.7 Å². The molecule has 0 aliphatic heterocycles. The number of nitrogens with zero attached hydrogens (tertiary/aromatic N) is 3. The zero-order valence-corrected chi connectivity index (χ0v) is 11.3. The van der Waals surface area contributed by atoms with Gasteiger partial charge in [0.05, 0.1) is 12.1 Å². The number of hydrogen-bond acceptors (Lipinski definition) is 3. The monoisotopic (exact) mass is 278 g/mol. The number of amides is 1. The third kappa shape index (κ3) is 3.33. The average molecular weight is 278 g/mol. The molecule has 0 aliphatic rings. The Hall–Kier alpha value is -2.95. The second kappa shape index (κ2) is 6.00. The Morgan fingerprint density at radius 3 is 2.57 bits per heavy atom. The molecule has 1 aromatic carbocycles. The fourth-order valence-electron chi connectivity index (χ4n) is 2.00. The van der Waals surface area contributed by atoms with Gasteiger partial charge in [0.15, 0.2) is 5.82 Å². The first-order valence-electron chi connectivity index (χ1n) is 6.61. The lowest BCUT2D eigenvalue weighted by molar-refractivity contribution is -0.115. The first kappa shape index (κ1) is 13.1. The highest BCUT2D eigenvalue weighted by Gasteiger charge is 2.06. The van der Waals surface area contributed by atoms with Gasteiger partial charge in [0.1, 0.15) is 0 Å². The maximum atomic E-state index is 12.0. The second-order valence-electron chi connectivity index (χ2n) is 4.56. The molecule has 0 aliphatic carbocycles. The molecular formula is C16H14N4O. The van der Waals surface area contributed by atoms with Crippen molar-refractivity contribution in [3.8, 4) is 5.69 Å². The first-order chi connectivity index (χ1) is 10.3. The summed E-state index contributed by atoms with van der Waals surface area (Å²) in [6, 6.07) is 15.1. The van der Waals surface area contributed by atoms with Crippen molar-refractivity contribution in [1.29, 1.82) is 0 Å². The van der Waals surface area contributed by atoms with E-state index in [2.05, 4.69) is 15.4 Å². The molecule has 0 fully saturated rings.